The largest absolute Gasteiger partial charge is 0.494 e. The van der Waals surface area contributed by atoms with E-state index in [-0.39, 0.29) is 0 Å². The summed E-state index contributed by atoms with van der Waals surface area (Å²) in [5.41, 5.74) is 1.10. The van der Waals surface area contributed by atoms with Crippen molar-refractivity contribution >= 4 is 15.9 Å². The van der Waals surface area contributed by atoms with E-state index in [1.807, 2.05) is 26.0 Å². The van der Waals surface area contributed by atoms with Crippen molar-refractivity contribution in [2.45, 2.75) is 33.6 Å². The standard InChI is InChI=1S/C12H19BrO/c1-5-7-8-14-12(6-2)10(3)9-11(4)13/h6,9H,4-5,7-8H2,1-3H3/b10-9+,12-6+. The van der Waals surface area contributed by atoms with Gasteiger partial charge < -0.3 is 4.74 Å². The first-order valence-electron chi connectivity index (χ1n) is 4.94. The van der Waals surface area contributed by atoms with Crippen molar-refractivity contribution in [1.29, 1.82) is 0 Å². The number of allylic oxidation sites excluding steroid dienone is 4. The molecular weight excluding hydrogens is 240 g/mol. The summed E-state index contributed by atoms with van der Waals surface area (Å²) >= 11 is 3.30. The van der Waals surface area contributed by atoms with Crippen molar-refractivity contribution in [2.75, 3.05) is 6.61 Å². The molecule has 0 bridgehead atoms. The van der Waals surface area contributed by atoms with E-state index in [9.17, 15) is 0 Å². The Morgan fingerprint density at radius 3 is 2.57 bits per heavy atom. The van der Waals surface area contributed by atoms with E-state index in [2.05, 4.69) is 29.4 Å². The van der Waals surface area contributed by atoms with E-state index >= 15 is 0 Å². The second-order valence-corrected chi connectivity index (χ2v) is 4.15. The average molecular weight is 259 g/mol. The minimum atomic E-state index is 0.788. The Morgan fingerprint density at radius 2 is 2.14 bits per heavy atom. The molecule has 0 amide bonds. The van der Waals surface area contributed by atoms with Gasteiger partial charge in [-0.15, -0.1) is 0 Å². The van der Waals surface area contributed by atoms with Crippen LogP contribution in [0.5, 0.6) is 0 Å². The normalized spacial score (nSPS) is 12.9. The molecule has 0 aliphatic carbocycles. The van der Waals surface area contributed by atoms with E-state index in [1.165, 1.54) is 0 Å². The fourth-order valence-corrected chi connectivity index (χ4v) is 1.40. The van der Waals surface area contributed by atoms with E-state index in [0.29, 0.717) is 0 Å². The molecule has 1 nitrogen and oxygen atoms in total. The molecule has 0 aliphatic rings. The molecule has 0 atom stereocenters. The Hall–Kier alpha value is -0.500. The van der Waals surface area contributed by atoms with Gasteiger partial charge in [0.05, 0.1) is 6.61 Å². The van der Waals surface area contributed by atoms with Crippen molar-refractivity contribution in [2.24, 2.45) is 0 Å². The van der Waals surface area contributed by atoms with Gasteiger partial charge >= 0.3 is 0 Å². The number of ether oxygens (including phenoxy) is 1. The fourth-order valence-electron chi connectivity index (χ4n) is 1.06. The molecule has 0 spiro atoms. The van der Waals surface area contributed by atoms with Gasteiger partial charge in [-0.2, -0.15) is 0 Å². The molecule has 0 aromatic heterocycles. The SMILES string of the molecule is C=C(Br)/C=C(C)/C(=C\C)OCCCC. The topological polar surface area (TPSA) is 9.23 Å². The maximum absolute atomic E-state index is 5.63. The summed E-state index contributed by atoms with van der Waals surface area (Å²) in [5.74, 6) is 0.944. The lowest BCUT2D eigenvalue weighted by Gasteiger charge is -2.09. The van der Waals surface area contributed by atoms with Gasteiger partial charge in [-0.3, -0.25) is 0 Å². The van der Waals surface area contributed by atoms with Gasteiger partial charge in [0.15, 0.2) is 0 Å². The molecule has 0 aliphatic heterocycles. The minimum absolute atomic E-state index is 0.788. The molecule has 0 aromatic rings. The van der Waals surface area contributed by atoms with Crippen LogP contribution in [0.3, 0.4) is 0 Å². The molecule has 0 N–H and O–H groups in total. The van der Waals surface area contributed by atoms with Crippen molar-refractivity contribution < 1.29 is 4.74 Å². The molecule has 0 radical (unpaired) electrons. The van der Waals surface area contributed by atoms with Gasteiger partial charge in [0.1, 0.15) is 5.76 Å². The summed E-state index contributed by atoms with van der Waals surface area (Å²) in [6, 6.07) is 0. The van der Waals surface area contributed by atoms with Gasteiger partial charge in [0.25, 0.3) is 0 Å². The van der Waals surface area contributed by atoms with Gasteiger partial charge in [-0.25, -0.2) is 0 Å². The quantitative estimate of drug-likeness (QED) is 0.386. The Labute approximate surface area is 95.7 Å². The zero-order chi connectivity index (χ0) is 11.0. The number of hydrogen-bond donors (Lipinski definition) is 0. The molecular formula is C12H19BrO. The van der Waals surface area contributed by atoms with Crippen molar-refractivity contribution in [3.8, 4) is 0 Å². The molecule has 0 heterocycles. The first-order chi connectivity index (χ1) is 6.61. The molecule has 14 heavy (non-hydrogen) atoms. The highest BCUT2D eigenvalue weighted by molar-refractivity contribution is 9.11. The van der Waals surface area contributed by atoms with E-state index < -0.39 is 0 Å². The van der Waals surface area contributed by atoms with Crippen LogP contribution in [0, 0.1) is 0 Å². The monoisotopic (exact) mass is 258 g/mol. The lowest BCUT2D eigenvalue weighted by molar-refractivity contribution is 0.214. The predicted octanol–water partition coefficient (Wildman–Crippen LogP) is 4.56. The first-order valence-corrected chi connectivity index (χ1v) is 5.73. The van der Waals surface area contributed by atoms with Crippen molar-refractivity contribution in [3.63, 3.8) is 0 Å². The van der Waals surface area contributed by atoms with Gasteiger partial charge in [-0.1, -0.05) is 35.9 Å². The van der Waals surface area contributed by atoms with Crippen LogP contribution in [-0.2, 0) is 4.74 Å². The zero-order valence-corrected chi connectivity index (χ0v) is 10.9. The number of rotatable bonds is 6. The lowest BCUT2D eigenvalue weighted by Crippen LogP contribution is -1.96. The summed E-state index contributed by atoms with van der Waals surface area (Å²) in [6.45, 7) is 10.7. The van der Waals surface area contributed by atoms with Crippen LogP contribution in [0.2, 0.25) is 0 Å². The first kappa shape index (κ1) is 13.5. The lowest BCUT2D eigenvalue weighted by atomic mass is 10.2. The second kappa shape index (κ2) is 7.86. The second-order valence-electron chi connectivity index (χ2n) is 3.13. The highest BCUT2D eigenvalue weighted by Gasteiger charge is 1.99. The van der Waals surface area contributed by atoms with Crippen molar-refractivity contribution in [3.05, 3.63) is 34.5 Å². The molecule has 0 unspecified atom stereocenters. The van der Waals surface area contributed by atoms with Crippen LogP contribution in [0.4, 0.5) is 0 Å². The number of halogens is 1. The van der Waals surface area contributed by atoms with Crippen LogP contribution in [0.25, 0.3) is 0 Å². The number of hydrogen-bond acceptors (Lipinski definition) is 1. The Kier molecular flexibility index (Phi) is 7.58. The Balaban J connectivity index is 4.21. The highest BCUT2D eigenvalue weighted by Crippen LogP contribution is 2.15. The van der Waals surface area contributed by atoms with Gasteiger partial charge in [0.2, 0.25) is 0 Å². The molecule has 0 fully saturated rings. The summed E-state index contributed by atoms with van der Waals surface area (Å²) in [7, 11) is 0. The predicted molar refractivity (Wildman–Crippen MR) is 66.4 cm³/mol. The molecule has 0 aromatic carbocycles. The Bertz CT molecular complexity index is 239. The average Bonchev–Trinajstić information content (AvgIpc) is 2.11. The van der Waals surface area contributed by atoms with E-state index in [4.69, 9.17) is 4.74 Å². The molecule has 0 rings (SSSR count). The molecule has 2 heteroatoms. The highest BCUT2D eigenvalue weighted by atomic mass is 79.9. The third-order valence-corrected chi connectivity index (χ3v) is 2.01. The molecule has 0 saturated heterocycles. The maximum atomic E-state index is 5.63. The Morgan fingerprint density at radius 1 is 1.50 bits per heavy atom. The summed E-state index contributed by atoms with van der Waals surface area (Å²) in [6.07, 6.45) is 6.20. The van der Waals surface area contributed by atoms with E-state index in [0.717, 1.165) is 35.3 Å². The summed E-state index contributed by atoms with van der Waals surface area (Å²) < 4.78 is 6.49. The third kappa shape index (κ3) is 6.03. The van der Waals surface area contributed by atoms with Gasteiger partial charge in [0, 0.05) is 4.48 Å². The minimum Gasteiger partial charge on any atom is -0.494 e. The van der Waals surface area contributed by atoms with Crippen LogP contribution in [0.1, 0.15) is 33.6 Å². The van der Waals surface area contributed by atoms with Crippen LogP contribution < -0.4 is 0 Å². The summed E-state index contributed by atoms with van der Waals surface area (Å²) in [5, 5.41) is 0. The third-order valence-electron chi connectivity index (χ3n) is 1.78. The zero-order valence-electron chi connectivity index (χ0n) is 9.27. The van der Waals surface area contributed by atoms with E-state index in [1.54, 1.807) is 0 Å². The molecule has 0 saturated carbocycles. The van der Waals surface area contributed by atoms with Crippen LogP contribution in [-0.4, -0.2) is 6.61 Å². The fraction of sp³-hybridized carbons (Fsp3) is 0.500. The van der Waals surface area contributed by atoms with Crippen molar-refractivity contribution in [1.82, 2.24) is 0 Å². The maximum Gasteiger partial charge on any atom is 0.117 e. The smallest absolute Gasteiger partial charge is 0.117 e. The van der Waals surface area contributed by atoms with Crippen LogP contribution in [0.15, 0.2) is 34.5 Å². The summed E-state index contributed by atoms with van der Waals surface area (Å²) in [4.78, 5) is 0. The number of unbranched alkanes of at least 4 members (excludes halogenated alkanes) is 1. The van der Waals surface area contributed by atoms with Gasteiger partial charge in [-0.05, 0) is 38.0 Å². The van der Waals surface area contributed by atoms with Crippen LogP contribution >= 0.6 is 15.9 Å². The molecule has 80 valence electrons.